The highest BCUT2D eigenvalue weighted by molar-refractivity contribution is 9.10. The van der Waals surface area contributed by atoms with Crippen molar-refractivity contribution >= 4 is 49.6 Å². The lowest BCUT2D eigenvalue weighted by Crippen LogP contribution is -2.29. The predicted molar refractivity (Wildman–Crippen MR) is 105 cm³/mol. The van der Waals surface area contributed by atoms with Gasteiger partial charge in [0.15, 0.2) is 16.9 Å². The third-order valence-electron chi connectivity index (χ3n) is 4.26. The largest absolute Gasteiger partial charge is 0.493 e. The number of azo groups is 1. The van der Waals surface area contributed by atoms with E-state index in [2.05, 4.69) is 41.1 Å². The molecular formula is C16H14BrN7O4. The standard InChI is InChI=1S/C16H14BrN7O4/c1-23-12-11(14(27)20-16(23)28)24(4-5-25)15(19-12)22-21-10-8-6-7(17)2-3-9(8)18-13(10)26/h2-3,6,18,25-26H,4-5H2,1H3,(H,20,27,28). The fourth-order valence-electron chi connectivity index (χ4n) is 2.94. The molecule has 28 heavy (non-hydrogen) atoms. The Morgan fingerprint density at radius 1 is 1.25 bits per heavy atom. The maximum absolute atomic E-state index is 12.2. The molecule has 0 radical (unpaired) electrons. The molecule has 0 fully saturated rings. The number of aromatic hydroxyl groups is 1. The van der Waals surface area contributed by atoms with Gasteiger partial charge in [-0.05, 0) is 18.2 Å². The number of benzene rings is 1. The lowest BCUT2D eigenvalue weighted by atomic mass is 10.2. The second kappa shape index (κ2) is 6.73. The Morgan fingerprint density at radius 3 is 2.79 bits per heavy atom. The molecular weight excluding hydrogens is 434 g/mol. The summed E-state index contributed by atoms with van der Waals surface area (Å²) < 4.78 is 3.33. The number of halogens is 1. The number of H-pyrrole nitrogens is 2. The van der Waals surface area contributed by atoms with Crippen LogP contribution in [0.25, 0.3) is 22.1 Å². The number of aliphatic hydroxyl groups is 1. The van der Waals surface area contributed by atoms with Crippen LogP contribution in [-0.4, -0.2) is 40.9 Å². The second-order valence-electron chi connectivity index (χ2n) is 5.99. The normalized spacial score (nSPS) is 12.0. The first-order valence-corrected chi connectivity index (χ1v) is 8.92. The monoisotopic (exact) mass is 447 g/mol. The molecule has 0 aliphatic carbocycles. The van der Waals surface area contributed by atoms with Crippen LogP contribution in [0.1, 0.15) is 0 Å². The summed E-state index contributed by atoms with van der Waals surface area (Å²) in [5, 5.41) is 28.3. The molecule has 0 unspecified atom stereocenters. The van der Waals surface area contributed by atoms with E-state index in [1.165, 1.54) is 16.2 Å². The summed E-state index contributed by atoms with van der Waals surface area (Å²) in [6.07, 6.45) is 0. The summed E-state index contributed by atoms with van der Waals surface area (Å²) in [4.78, 5) is 33.2. The lowest BCUT2D eigenvalue weighted by molar-refractivity contribution is 0.278. The van der Waals surface area contributed by atoms with Crippen molar-refractivity contribution in [2.75, 3.05) is 6.61 Å². The molecule has 0 saturated carbocycles. The molecule has 4 aromatic rings. The first-order valence-electron chi connectivity index (χ1n) is 8.13. The Hall–Kier alpha value is -3.25. The molecule has 12 heteroatoms. The number of hydrogen-bond acceptors (Lipinski definition) is 7. The van der Waals surface area contributed by atoms with Crippen LogP contribution >= 0.6 is 15.9 Å². The molecule has 11 nitrogen and oxygen atoms in total. The van der Waals surface area contributed by atoms with Gasteiger partial charge in [-0.25, -0.2) is 4.79 Å². The van der Waals surface area contributed by atoms with Gasteiger partial charge in [0.05, 0.1) is 12.1 Å². The second-order valence-corrected chi connectivity index (χ2v) is 6.91. The van der Waals surface area contributed by atoms with E-state index in [9.17, 15) is 19.8 Å². The molecule has 4 N–H and O–H groups in total. The number of nitrogens with one attached hydrogen (secondary N) is 2. The first-order chi connectivity index (χ1) is 13.4. The number of nitrogens with zero attached hydrogens (tertiary/aromatic N) is 5. The van der Waals surface area contributed by atoms with E-state index in [0.29, 0.717) is 10.9 Å². The fourth-order valence-corrected chi connectivity index (χ4v) is 3.30. The molecule has 3 heterocycles. The number of rotatable bonds is 4. The van der Waals surface area contributed by atoms with Crippen molar-refractivity contribution in [1.82, 2.24) is 24.1 Å². The molecule has 144 valence electrons. The van der Waals surface area contributed by atoms with Crippen molar-refractivity contribution in [3.8, 4) is 5.88 Å². The van der Waals surface area contributed by atoms with Crippen molar-refractivity contribution in [3.63, 3.8) is 0 Å². The molecule has 0 amide bonds. The van der Waals surface area contributed by atoms with Crippen LogP contribution in [0.5, 0.6) is 5.88 Å². The van der Waals surface area contributed by atoms with E-state index in [0.717, 1.165) is 4.47 Å². The van der Waals surface area contributed by atoms with Crippen LogP contribution in [0.2, 0.25) is 0 Å². The number of fused-ring (bicyclic) bond motifs is 2. The predicted octanol–water partition coefficient (Wildman–Crippen LogP) is 1.78. The molecule has 0 atom stereocenters. The number of aromatic amines is 2. The van der Waals surface area contributed by atoms with Gasteiger partial charge in [0.2, 0.25) is 5.88 Å². The van der Waals surface area contributed by atoms with Crippen molar-refractivity contribution in [2.24, 2.45) is 17.3 Å². The van der Waals surface area contributed by atoms with Crippen LogP contribution in [0.3, 0.4) is 0 Å². The lowest BCUT2D eigenvalue weighted by Gasteiger charge is -2.02. The van der Waals surface area contributed by atoms with Gasteiger partial charge in [-0.2, -0.15) is 4.98 Å². The van der Waals surface area contributed by atoms with Gasteiger partial charge in [-0.1, -0.05) is 15.9 Å². The van der Waals surface area contributed by atoms with Crippen molar-refractivity contribution in [1.29, 1.82) is 0 Å². The average Bonchev–Trinajstić information content (AvgIpc) is 3.16. The Labute approximate surface area is 164 Å². The molecule has 0 aliphatic rings. The van der Waals surface area contributed by atoms with E-state index in [4.69, 9.17) is 0 Å². The summed E-state index contributed by atoms with van der Waals surface area (Å²) in [7, 11) is 1.46. The zero-order valence-corrected chi connectivity index (χ0v) is 16.1. The highest BCUT2D eigenvalue weighted by Gasteiger charge is 2.18. The van der Waals surface area contributed by atoms with Gasteiger partial charge < -0.3 is 15.2 Å². The first kappa shape index (κ1) is 18.1. The quantitative estimate of drug-likeness (QED) is 0.351. The van der Waals surface area contributed by atoms with Crippen molar-refractivity contribution in [3.05, 3.63) is 43.5 Å². The van der Waals surface area contributed by atoms with Gasteiger partial charge in [0, 0.05) is 23.5 Å². The van der Waals surface area contributed by atoms with E-state index >= 15 is 0 Å². The van der Waals surface area contributed by atoms with Gasteiger partial charge in [0.1, 0.15) is 0 Å². The maximum atomic E-state index is 12.2. The summed E-state index contributed by atoms with van der Waals surface area (Å²) >= 11 is 3.37. The minimum Gasteiger partial charge on any atom is -0.493 e. The van der Waals surface area contributed by atoms with Gasteiger partial charge in [0.25, 0.3) is 11.5 Å². The summed E-state index contributed by atoms with van der Waals surface area (Å²) in [6.45, 7) is -0.251. The molecule has 4 rings (SSSR count). The summed E-state index contributed by atoms with van der Waals surface area (Å²) in [5.41, 5.74) is -0.190. The summed E-state index contributed by atoms with van der Waals surface area (Å²) in [6, 6.07) is 5.35. The molecule has 0 spiro atoms. The number of aryl methyl sites for hydroxylation is 1. The summed E-state index contributed by atoms with van der Waals surface area (Å²) in [5.74, 6) is -0.161. The van der Waals surface area contributed by atoms with Crippen LogP contribution < -0.4 is 11.2 Å². The van der Waals surface area contributed by atoms with Gasteiger partial charge in [-0.3, -0.25) is 18.9 Å². The minimum atomic E-state index is -0.639. The third kappa shape index (κ3) is 2.82. The van der Waals surface area contributed by atoms with Gasteiger partial charge in [-0.15, -0.1) is 10.2 Å². The minimum absolute atomic E-state index is 0.0134. The fraction of sp³-hybridized carbons (Fsp3) is 0.188. The Morgan fingerprint density at radius 2 is 2.04 bits per heavy atom. The smallest absolute Gasteiger partial charge is 0.329 e. The third-order valence-corrected chi connectivity index (χ3v) is 4.76. The number of aliphatic hydroxyl groups excluding tert-OH is 1. The molecule has 1 aromatic carbocycles. The molecule has 3 aromatic heterocycles. The van der Waals surface area contributed by atoms with Crippen LogP contribution in [0.15, 0.2) is 42.5 Å². The number of hydrogen-bond donors (Lipinski definition) is 4. The van der Waals surface area contributed by atoms with Crippen LogP contribution in [0.4, 0.5) is 11.6 Å². The Kier molecular flexibility index (Phi) is 4.35. The number of imidazole rings is 1. The van der Waals surface area contributed by atoms with E-state index in [-0.39, 0.29) is 41.8 Å². The zero-order chi connectivity index (χ0) is 20.0. The van der Waals surface area contributed by atoms with E-state index in [1.807, 2.05) is 6.07 Å². The van der Waals surface area contributed by atoms with Gasteiger partial charge >= 0.3 is 5.69 Å². The van der Waals surface area contributed by atoms with Crippen LogP contribution in [0, 0.1) is 0 Å². The average molecular weight is 448 g/mol. The molecule has 0 bridgehead atoms. The Bertz CT molecular complexity index is 1360. The SMILES string of the molecule is Cn1c(=O)[nH]c(=O)c2c1nc(N=Nc1c(O)[nH]c3ccc(Br)cc13)n2CCO. The molecule has 0 saturated heterocycles. The molecule has 0 aliphatic heterocycles. The topological polar surface area (TPSA) is 154 Å². The maximum Gasteiger partial charge on any atom is 0.329 e. The van der Waals surface area contributed by atoms with E-state index in [1.54, 1.807) is 12.1 Å². The highest BCUT2D eigenvalue weighted by Crippen LogP contribution is 2.37. The van der Waals surface area contributed by atoms with Crippen molar-refractivity contribution in [2.45, 2.75) is 6.54 Å². The number of aromatic nitrogens is 5. The zero-order valence-electron chi connectivity index (χ0n) is 14.5. The highest BCUT2D eigenvalue weighted by atomic mass is 79.9. The van der Waals surface area contributed by atoms with Crippen molar-refractivity contribution < 1.29 is 10.2 Å². The van der Waals surface area contributed by atoms with E-state index < -0.39 is 11.2 Å². The Balaban J connectivity index is 1.92. The van der Waals surface area contributed by atoms with Crippen LogP contribution in [-0.2, 0) is 13.6 Å².